The smallest absolute Gasteiger partial charge is 0.258 e. The molecule has 5 nitrogen and oxygen atoms in total. The lowest BCUT2D eigenvalue weighted by Crippen LogP contribution is -2.35. The third kappa shape index (κ3) is 5.85. The lowest BCUT2D eigenvalue weighted by molar-refractivity contribution is -0.123. The Balaban J connectivity index is 2.67. The number of hydrogen-bond donors (Lipinski definition) is 1. The molecule has 1 aromatic rings. The highest BCUT2D eigenvalue weighted by Crippen LogP contribution is 2.24. The minimum Gasteiger partial charge on any atom is -0.493 e. The van der Waals surface area contributed by atoms with Crippen LogP contribution in [-0.2, 0) is 4.79 Å². The van der Waals surface area contributed by atoms with Gasteiger partial charge in [-0.2, -0.15) is 0 Å². The molecule has 0 radical (unpaired) electrons. The van der Waals surface area contributed by atoms with E-state index in [2.05, 4.69) is 5.32 Å². The molecule has 0 aliphatic rings. The Labute approximate surface area is 125 Å². The lowest BCUT2D eigenvalue weighted by Gasteiger charge is -2.13. The first-order valence-corrected chi connectivity index (χ1v) is 7.24. The predicted molar refractivity (Wildman–Crippen MR) is 81.0 cm³/mol. The van der Waals surface area contributed by atoms with Crippen LogP contribution >= 0.6 is 0 Å². The lowest BCUT2D eigenvalue weighted by atomic mass is 10.2. The van der Waals surface area contributed by atoms with Crippen molar-refractivity contribution in [2.24, 2.45) is 0 Å². The first kappa shape index (κ1) is 17.0. The monoisotopic (exact) mass is 293 g/mol. The average Bonchev–Trinajstić information content (AvgIpc) is 2.50. The minimum atomic E-state index is -0.207. The number of carbonyl (C=O) groups excluding carboxylic acids is 2. The van der Waals surface area contributed by atoms with Gasteiger partial charge in [-0.25, -0.2) is 0 Å². The van der Waals surface area contributed by atoms with E-state index in [4.69, 9.17) is 9.47 Å². The van der Waals surface area contributed by atoms with Crippen LogP contribution in [0.25, 0.3) is 0 Å². The van der Waals surface area contributed by atoms with Gasteiger partial charge in [0.05, 0.1) is 12.2 Å². The van der Waals surface area contributed by atoms with Crippen LogP contribution in [0, 0.1) is 0 Å². The number of rotatable bonds is 9. The Hall–Kier alpha value is -2.04. The number of carbonyl (C=O) groups is 2. The number of amides is 1. The van der Waals surface area contributed by atoms with Gasteiger partial charge in [-0.05, 0) is 31.9 Å². The fourth-order valence-corrected chi connectivity index (χ4v) is 1.61. The van der Waals surface area contributed by atoms with Crippen LogP contribution < -0.4 is 14.8 Å². The van der Waals surface area contributed by atoms with Crippen molar-refractivity contribution in [1.29, 1.82) is 0 Å². The van der Waals surface area contributed by atoms with E-state index < -0.39 is 0 Å². The molecule has 0 aliphatic carbocycles. The van der Waals surface area contributed by atoms with E-state index in [1.165, 1.54) is 0 Å². The summed E-state index contributed by atoms with van der Waals surface area (Å²) in [5, 5.41) is 2.80. The fraction of sp³-hybridized carbons (Fsp3) is 0.500. The summed E-state index contributed by atoms with van der Waals surface area (Å²) < 4.78 is 10.9. The van der Waals surface area contributed by atoms with Gasteiger partial charge in [-0.1, -0.05) is 13.8 Å². The Kier molecular flexibility index (Phi) is 7.29. The van der Waals surface area contributed by atoms with Gasteiger partial charge in [0.2, 0.25) is 0 Å². The normalized spacial score (nSPS) is 11.6. The van der Waals surface area contributed by atoms with Crippen LogP contribution in [0.4, 0.5) is 0 Å². The largest absolute Gasteiger partial charge is 0.493 e. The molecule has 1 N–H and O–H groups in total. The van der Waals surface area contributed by atoms with Crippen LogP contribution in [0.1, 0.15) is 44.0 Å². The van der Waals surface area contributed by atoms with Crippen molar-refractivity contribution in [2.45, 2.75) is 39.7 Å². The summed E-state index contributed by atoms with van der Waals surface area (Å²) >= 11 is 0. The van der Waals surface area contributed by atoms with Gasteiger partial charge < -0.3 is 14.8 Å². The van der Waals surface area contributed by atoms with Gasteiger partial charge in [0.1, 0.15) is 11.5 Å². The molecule has 1 rings (SSSR count). The number of benzene rings is 1. The summed E-state index contributed by atoms with van der Waals surface area (Å²) in [4.78, 5) is 22.7. The molecule has 21 heavy (non-hydrogen) atoms. The second-order valence-corrected chi connectivity index (χ2v) is 4.83. The maximum Gasteiger partial charge on any atom is 0.258 e. The standard InChI is InChI=1S/C16H23NO4/c1-4-8-20-14-7-6-13(10-18)15(9-14)21-11-16(19)17-12(3)5-2/h6-7,9-10,12H,4-5,8,11H2,1-3H3,(H,17,19). The van der Waals surface area contributed by atoms with E-state index in [9.17, 15) is 9.59 Å². The van der Waals surface area contributed by atoms with Crippen molar-refractivity contribution in [3.8, 4) is 11.5 Å². The van der Waals surface area contributed by atoms with E-state index in [1.807, 2.05) is 20.8 Å². The second kappa shape index (κ2) is 9.00. The highest BCUT2D eigenvalue weighted by Gasteiger charge is 2.10. The molecule has 0 heterocycles. The summed E-state index contributed by atoms with van der Waals surface area (Å²) in [6.45, 7) is 6.39. The van der Waals surface area contributed by atoms with Crippen LogP contribution in [-0.4, -0.2) is 31.4 Å². The van der Waals surface area contributed by atoms with Gasteiger partial charge in [0, 0.05) is 12.1 Å². The van der Waals surface area contributed by atoms with Crippen LogP contribution in [0.2, 0.25) is 0 Å². The van der Waals surface area contributed by atoms with Gasteiger partial charge >= 0.3 is 0 Å². The highest BCUT2D eigenvalue weighted by molar-refractivity contribution is 5.81. The maximum absolute atomic E-state index is 11.7. The molecular formula is C16H23NO4. The zero-order chi connectivity index (χ0) is 15.7. The molecule has 0 saturated carbocycles. The van der Waals surface area contributed by atoms with Crippen LogP contribution in [0.15, 0.2) is 18.2 Å². The summed E-state index contributed by atoms with van der Waals surface area (Å²) in [5.41, 5.74) is 0.398. The fourth-order valence-electron chi connectivity index (χ4n) is 1.61. The molecule has 116 valence electrons. The van der Waals surface area contributed by atoms with Crippen LogP contribution in [0.5, 0.6) is 11.5 Å². The van der Waals surface area contributed by atoms with Gasteiger partial charge in [-0.3, -0.25) is 9.59 Å². The number of nitrogens with one attached hydrogen (secondary N) is 1. The predicted octanol–water partition coefficient (Wildman–Crippen LogP) is 2.58. The highest BCUT2D eigenvalue weighted by atomic mass is 16.5. The van der Waals surface area contributed by atoms with Gasteiger partial charge in [0.15, 0.2) is 12.9 Å². The van der Waals surface area contributed by atoms with E-state index >= 15 is 0 Å². The molecule has 0 aromatic heterocycles. The van der Waals surface area contributed by atoms with Crippen molar-refractivity contribution in [1.82, 2.24) is 5.32 Å². The van der Waals surface area contributed by atoms with Crippen LogP contribution in [0.3, 0.4) is 0 Å². The molecule has 5 heteroatoms. The van der Waals surface area contributed by atoms with E-state index in [0.717, 1.165) is 12.8 Å². The molecule has 1 atom stereocenters. The number of aldehydes is 1. The molecule has 0 bridgehead atoms. The molecular weight excluding hydrogens is 270 g/mol. The third-order valence-corrected chi connectivity index (χ3v) is 2.96. The van der Waals surface area contributed by atoms with Crippen molar-refractivity contribution >= 4 is 12.2 Å². The summed E-state index contributed by atoms with van der Waals surface area (Å²) in [6, 6.07) is 5.08. The zero-order valence-electron chi connectivity index (χ0n) is 12.8. The first-order valence-electron chi connectivity index (χ1n) is 7.24. The topological polar surface area (TPSA) is 64.6 Å². The Bertz CT molecular complexity index is 473. The summed E-state index contributed by atoms with van der Waals surface area (Å²) in [5.74, 6) is 0.777. The zero-order valence-corrected chi connectivity index (χ0v) is 12.8. The Morgan fingerprint density at radius 3 is 2.71 bits per heavy atom. The quantitative estimate of drug-likeness (QED) is 0.711. The molecule has 0 spiro atoms. The first-order chi connectivity index (χ1) is 10.1. The summed E-state index contributed by atoms with van der Waals surface area (Å²) in [7, 11) is 0. The van der Waals surface area contributed by atoms with E-state index in [0.29, 0.717) is 30.0 Å². The molecule has 0 fully saturated rings. The summed E-state index contributed by atoms with van der Waals surface area (Å²) in [6.07, 6.45) is 2.44. The molecule has 0 aliphatic heterocycles. The van der Waals surface area contributed by atoms with E-state index in [1.54, 1.807) is 18.2 Å². The Morgan fingerprint density at radius 2 is 2.10 bits per heavy atom. The Morgan fingerprint density at radius 1 is 1.33 bits per heavy atom. The average molecular weight is 293 g/mol. The van der Waals surface area contributed by atoms with Crippen molar-refractivity contribution in [2.75, 3.05) is 13.2 Å². The molecule has 1 amide bonds. The molecule has 1 unspecified atom stereocenters. The van der Waals surface area contributed by atoms with E-state index in [-0.39, 0.29) is 18.6 Å². The SMILES string of the molecule is CCCOc1ccc(C=O)c(OCC(=O)NC(C)CC)c1. The second-order valence-electron chi connectivity index (χ2n) is 4.83. The number of ether oxygens (including phenoxy) is 2. The van der Waals surface area contributed by atoms with Crippen molar-refractivity contribution < 1.29 is 19.1 Å². The maximum atomic E-state index is 11.7. The minimum absolute atomic E-state index is 0.103. The third-order valence-electron chi connectivity index (χ3n) is 2.96. The van der Waals surface area contributed by atoms with Crippen molar-refractivity contribution in [3.05, 3.63) is 23.8 Å². The molecule has 1 aromatic carbocycles. The molecule has 0 saturated heterocycles. The van der Waals surface area contributed by atoms with Gasteiger partial charge in [0.25, 0.3) is 5.91 Å². The van der Waals surface area contributed by atoms with Gasteiger partial charge in [-0.15, -0.1) is 0 Å². The number of hydrogen-bond acceptors (Lipinski definition) is 4. The van der Waals surface area contributed by atoms with Crippen molar-refractivity contribution in [3.63, 3.8) is 0 Å².